The van der Waals surface area contributed by atoms with E-state index < -0.39 is 23.6 Å². The van der Waals surface area contributed by atoms with Crippen molar-refractivity contribution >= 4 is 5.82 Å². The zero-order valence-corrected chi connectivity index (χ0v) is 19.7. The maximum Gasteiger partial charge on any atom is 0.419 e. The largest absolute Gasteiger partial charge is 0.419 e. The highest BCUT2D eigenvalue weighted by molar-refractivity contribution is 5.81. The number of anilines is 1. The third-order valence-corrected chi connectivity index (χ3v) is 6.21. The molecule has 1 aromatic heterocycles. The van der Waals surface area contributed by atoms with Crippen molar-refractivity contribution in [3.63, 3.8) is 0 Å². The molecule has 4 heterocycles. The fraction of sp³-hybridized carbons (Fsp3) is 0.280. The maximum absolute atomic E-state index is 14.8. The second-order valence-electron chi connectivity index (χ2n) is 8.70. The molecule has 0 fully saturated rings. The number of hydrogen-bond donors (Lipinski definition) is 1. The van der Waals surface area contributed by atoms with Gasteiger partial charge in [0.05, 0.1) is 17.2 Å². The van der Waals surface area contributed by atoms with Crippen LogP contribution < -0.4 is 16.4 Å². The van der Waals surface area contributed by atoms with E-state index in [1.54, 1.807) is 26.2 Å². The predicted molar refractivity (Wildman–Crippen MR) is 126 cm³/mol. The lowest BCUT2D eigenvalue weighted by atomic mass is 10.0. The third-order valence-electron chi connectivity index (χ3n) is 6.21. The van der Waals surface area contributed by atoms with Gasteiger partial charge >= 0.3 is 6.18 Å². The van der Waals surface area contributed by atoms with Gasteiger partial charge in [-0.1, -0.05) is 12.1 Å². The number of aryl methyl sites for hydroxylation is 2. The molecule has 1 aromatic carbocycles. The molecule has 0 spiro atoms. The molecule has 3 aliphatic heterocycles. The van der Waals surface area contributed by atoms with Gasteiger partial charge in [0.2, 0.25) is 5.56 Å². The summed E-state index contributed by atoms with van der Waals surface area (Å²) >= 11 is 0. The van der Waals surface area contributed by atoms with Crippen LogP contribution in [-0.4, -0.2) is 25.6 Å². The second-order valence-corrected chi connectivity index (χ2v) is 8.70. The number of nitrogens with zero attached hydrogens (tertiary/aromatic N) is 5. The predicted octanol–water partition coefficient (Wildman–Crippen LogP) is 4.30. The molecule has 1 N–H and O–H groups in total. The summed E-state index contributed by atoms with van der Waals surface area (Å²) in [6, 6.07) is 7.26. The normalized spacial score (nSPS) is 14.7. The Morgan fingerprint density at radius 1 is 1.14 bits per heavy atom. The fourth-order valence-corrected chi connectivity index (χ4v) is 4.46. The Bertz CT molecular complexity index is 1590. The number of fused-ring (bicyclic) bond motifs is 3. The number of hydrogen-bond acceptors (Lipinski definition) is 5. The van der Waals surface area contributed by atoms with Gasteiger partial charge in [0.1, 0.15) is 23.3 Å². The van der Waals surface area contributed by atoms with Crippen LogP contribution in [0, 0.1) is 12.7 Å². The highest BCUT2D eigenvalue weighted by atomic mass is 19.4. The summed E-state index contributed by atoms with van der Waals surface area (Å²) in [5.74, 6) is 0.504. The SMILES string of the molecule is Cc1nc2n3c(c(-c4ccc(=O)n(C)c4)cc-2c(=NC(C)c2cccc(C(F)(F)F)c2F)n1)NCC3. The Morgan fingerprint density at radius 2 is 1.92 bits per heavy atom. The first-order valence-corrected chi connectivity index (χ1v) is 11.3. The first kappa shape index (κ1) is 23.7. The number of halogens is 4. The van der Waals surface area contributed by atoms with E-state index >= 15 is 0 Å². The lowest BCUT2D eigenvalue weighted by Gasteiger charge is -2.19. The monoisotopic (exact) mass is 498 g/mol. The van der Waals surface area contributed by atoms with Crippen LogP contribution >= 0.6 is 0 Å². The molecule has 7 nitrogen and oxygen atoms in total. The van der Waals surface area contributed by atoms with Gasteiger partial charge in [-0.15, -0.1) is 0 Å². The first-order chi connectivity index (χ1) is 17.0. The van der Waals surface area contributed by atoms with E-state index in [1.807, 2.05) is 10.6 Å². The Labute approximate surface area is 203 Å². The number of alkyl halides is 3. The minimum Gasteiger partial charge on any atom is -0.369 e. The van der Waals surface area contributed by atoms with Crippen molar-refractivity contribution in [1.29, 1.82) is 0 Å². The van der Waals surface area contributed by atoms with Crippen LogP contribution in [0.25, 0.3) is 22.5 Å². The minimum atomic E-state index is -4.81. The molecule has 5 rings (SSSR count). The number of aromatic nitrogens is 4. The average molecular weight is 498 g/mol. The van der Waals surface area contributed by atoms with Crippen LogP contribution in [0.2, 0.25) is 0 Å². The first-order valence-electron chi connectivity index (χ1n) is 11.3. The van der Waals surface area contributed by atoms with E-state index in [9.17, 15) is 22.4 Å². The average Bonchev–Trinajstić information content (AvgIpc) is 3.30. The molecular weight excluding hydrogens is 476 g/mol. The van der Waals surface area contributed by atoms with E-state index in [0.717, 1.165) is 16.9 Å². The molecule has 0 saturated heterocycles. The smallest absolute Gasteiger partial charge is 0.369 e. The number of nitrogens with one attached hydrogen (secondary N) is 1. The fourth-order valence-electron chi connectivity index (χ4n) is 4.46. The molecule has 0 bridgehead atoms. The molecule has 3 aliphatic rings. The van der Waals surface area contributed by atoms with E-state index in [4.69, 9.17) is 0 Å². The summed E-state index contributed by atoms with van der Waals surface area (Å²) in [7, 11) is 1.66. The van der Waals surface area contributed by atoms with Crippen LogP contribution in [0.5, 0.6) is 0 Å². The molecule has 36 heavy (non-hydrogen) atoms. The zero-order chi connectivity index (χ0) is 25.8. The maximum atomic E-state index is 14.8. The summed E-state index contributed by atoms with van der Waals surface area (Å²) in [4.78, 5) is 25.5. The van der Waals surface area contributed by atoms with Gasteiger partial charge in [-0.2, -0.15) is 13.2 Å². The highest BCUT2D eigenvalue weighted by Crippen LogP contribution is 2.37. The van der Waals surface area contributed by atoms with Gasteiger partial charge in [0.15, 0.2) is 5.49 Å². The van der Waals surface area contributed by atoms with Crippen molar-refractivity contribution in [2.24, 2.45) is 12.0 Å². The van der Waals surface area contributed by atoms with Gasteiger partial charge < -0.3 is 14.5 Å². The van der Waals surface area contributed by atoms with Crippen molar-refractivity contribution < 1.29 is 17.6 Å². The summed E-state index contributed by atoms with van der Waals surface area (Å²) in [5, 5.41) is 3.36. The topological polar surface area (TPSA) is 77.1 Å². The van der Waals surface area contributed by atoms with Crippen LogP contribution in [0.4, 0.5) is 23.4 Å². The van der Waals surface area contributed by atoms with Gasteiger partial charge in [-0.3, -0.25) is 9.79 Å². The van der Waals surface area contributed by atoms with Gasteiger partial charge in [-0.25, -0.2) is 14.4 Å². The van der Waals surface area contributed by atoms with Crippen LogP contribution in [0.3, 0.4) is 0 Å². The number of pyridine rings is 2. The lowest BCUT2D eigenvalue weighted by Crippen LogP contribution is -2.21. The van der Waals surface area contributed by atoms with Gasteiger partial charge in [-0.05, 0) is 32.0 Å². The molecule has 1 unspecified atom stereocenters. The molecule has 1 atom stereocenters. The summed E-state index contributed by atoms with van der Waals surface area (Å²) in [6.07, 6.45) is -3.09. The highest BCUT2D eigenvalue weighted by Gasteiger charge is 2.35. The molecule has 2 aromatic rings. The Balaban J connectivity index is 1.73. The molecular formula is C25H22F4N6O. The standard InChI is InChI=1S/C25H22F4N6O/c1-13(16-5-4-6-19(21(16)26)25(27,28)29)31-22-18-11-17(15-7-8-20(36)34(3)12-15)23-30-9-10-35(23)24(18)33-14(2)32-22/h4-8,11-13,30H,9-10H2,1-3H3. The van der Waals surface area contributed by atoms with E-state index in [2.05, 4.69) is 20.3 Å². The van der Waals surface area contributed by atoms with E-state index in [1.165, 1.54) is 29.7 Å². The lowest BCUT2D eigenvalue weighted by molar-refractivity contribution is -0.140. The van der Waals surface area contributed by atoms with Crippen molar-refractivity contribution in [2.75, 3.05) is 11.9 Å². The summed E-state index contributed by atoms with van der Waals surface area (Å²) < 4.78 is 58.0. The van der Waals surface area contributed by atoms with Crippen molar-refractivity contribution in [1.82, 2.24) is 19.1 Å². The van der Waals surface area contributed by atoms with Gasteiger partial charge in [0, 0.05) is 49.1 Å². The van der Waals surface area contributed by atoms with Crippen molar-refractivity contribution in [3.05, 3.63) is 81.2 Å². The van der Waals surface area contributed by atoms with Crippen molar-refractivity contribution in [2.45, 2.75) is 32.6 Å². The van der Waals surface area contributed by atoms with E-state index in [-0.39, 0.29) is 16.6 Å². The summed E-state index contributed by atoms with van der Waals surface area (Å²) in [6.45, 7) is 4.51. The Kier molecular flexibility index (Phi) is 5.65. The Morgan fingerprint density at radius 3 is 2.64 bits per heavy atom. The second kappa shape index (κ2) is 8.58. The molecule has 0 radical (unpaired) electrons. The quantitative estimate of drug-likeness (QED) is 0.428. The molecule has 0 saturated carbocycles. The van der Waals surface area contributed by atoms with E-state index in [0.29, 0.717) is 36.4 Å². The number of rotatable bonds is 3. The third kappa shape index (κ3) is 4.04. The van der Waals surface area contributed by atoms with Crippen molar-refractivity contribution in [3.8, 4) is 22.5 Å². The van der Waals surface area contributed by atoms with Crippen LogP contribution in [-0.2, 0) is 19.8 Å². The number of benzene rings is 1. The zero-order valence-electron chi connectivity index (χ0n) is 19.7. The van der Waals surface area contributed by atoms with Crippen LogP contribution in [0.1, 0.15) is 29.9 Å². The molecule has 0 amide bonds. The molecule has 0 aliphatic carbocycles. The Hall–Kier alpha value is -4.02. The minimum absolute atomic E-state index is 0.150. The van der Waals surface area contributed by atoms with Gasteiger partial charge in [0.25, 0.3) is 0 Å². The molecule has 186 valence electrons. The van der Waals surface area contributed by atoms with Crippen LogP contribution in [0.15, 0.2) is 52.4 Å². The molecule has 11 heteroatoms. The summed E-state index contributed by atoms with van der Waals surface area (Å²) in [5.41, 5.74) is 0.720.